The molecule has 0 aliphatic carbocycles. The number of nitrogens with one attached hydrogen (secondary N) is 1. The number of likely N-dealkylation sites (tertiary alicyclic amines) is 1. The fraction of sp³-hybridized carbons (Fsp3) is 0.500. The second kappa shape index (κ2) is 5.76. The van der Waals surface area contributed by atoms with Crippen molar-refractivity contribution in [2.24, 2.45) is 0 Å². The van der Waals surface area contributed by atoms with Crippen LogP contribution in [0.3, 0.4) is 0 Å². The maximum absolute atomic E-state index is 12.2. The van der Waals surface area contributed by atoms with E-state index in [-0.39, 0.29) is 12.1 Å². The van der Waals surface area contributed by atoms with Gasteiger partial charge in [0.25, 0.3) is 0 Å². The molecule has 5 nitrogen and oxygen atoms in total. The first-order valence-corrected chi connectivity index (χ1v) is 7.75. The first-order chi connectivity index (χ1) is 10.3. The number of urea groups is 1. The van der Waals surface area contributed by atoms with Gasteiger partial charge in [-0.25, -0.2) is 9.78 Å². The molecule has 1 atom stereocenters. The zero-order chi connectivity index (χ0) is 14.8. The van der Waals surface area contributed by atoms with Crippen molar-refractivity contribution >= 4 is 17.1 Å². The number of aryl methyl sites for hydroxylation is 1. The normalized spacial score (nSPS) is 18.4. The van der Waals surface area contributed by atoms with E-state index in [0.717, 1.165) is 42.8 Å². The molecule has 1 aliphatic rings. The maximum Gasteiger partial charge on any atom is 0.318 e. The number of carbonyl (C=O) groups is 1. The molecule has 2 aromatic rings. The molecule has 2 heterocycles. The van der Waals surface area contributed by atoms with E-state index in [9.17, 15) is 4.79 Å². The number of fused-ring (bicyclic) bond motifs is 1. The topological polar surface area (TPSA) is 50.2 Å². The number of hydrogen-bond acceptors (Lipinski definition) is 2. The molecule has 1 aromatic heterocycles. The van der Waals surface area contributed by atoms with E-state index in [1.165, 1.54) is 0 Å². The molecule has 1 saturated heterocycles. The summed E-state index contributed by atoms with van der Waals surface area (Å²) in [4.78, 5) is 18.9. The third-order valence-electron chi connectivity index (χ3n) is 4.14. The van der Waals surface area contributed by atoms with Crippen LogP contribution in [0.15, 0.2) is 24.3 Å². The molecule has 1 N–H and O–H groups in total. The van der Waals surface area contributed by atoms with Crippen molar-refractivity contribution in [3.8, 4) is 0 Å². The minimum Gasteiger partial charge on any atom is -0.338 e. The van der Waals surface area contributed by atoms with Crippen LogP contribution in [-0.4, -0.2) is 33.6 Å². The van der Waals surface area contributed by atoms with Gasteiger partial charge in [-0.3, -0.25) is 0 Å². The van der Waals surface area contributed by atoms with E-state index in [1.807, 2.05) is 30.0 Å². The van der Waals surface area contributed by atoms with Crippen LogP contribution in [0.2, 0.25) is 0 Å². The Balaban J connectivity index is 2.00. The Morgan fingerprint density at radius 3 is 2.95 bits per heavy atom. The Hall–Kier alpha value is -2.04. The van der Waals surface area contributed by atoms with Crippen LogP contribution in [0.4, 0.5) is 4.79 Å². The molecular weight excluding hydrogens is 264 g/mol. The van der Waals surface area contributed by atoms with Crippen LogP contribution < -0.4 is 5.32 Å². The highest BCUT2D eigenvalue weighted by Crippen LogP contribution is 2.33. The molecule has 0 radical (unpaired) electrons. The first kappa shape index (κ1) is 13.9. The highest BCUT2D eigenvalue weighted by molar-refractivity contribution is 5.77. The summed E-state index contributed by atoms with van der Waals surface area (Å²) in [6, 6.07) is 8.29. The fourth-order valence-corrected chi connectivity index (χ4v) is 3.21. The van der Waals surface area contributed by atoms with Gasteiger partial charge in [0.15, 0.2) is 0 Å². The third kappa shape index (κ3) is 2.37. The number of amides is 2. The van der Waals surface area contributed by atoms with Crippen LogP contribution in [0.25, 0.3) is 11.0 Å². The van der Waals surface area contributed by atoms with Crippen molar-refractivity contribution in [3.63, 3.8) is 0 Å². The van der Waals surface area contributed by atoms with E-state index in [1.54, 1.807) is 0 Å². The van der Waals surface area contributed by atoms with Gasteiger partial charge in [-0.05, 0) is 38.8 Å². The molecular formula is C16H22N4O. The smallest absolute Gasteiger partial charge is 0.318 e. The van der Waals surface area contributed by atoms with E-state index >= 15 is 0 Å². The number of aromatic nitrogens is 2. The summed E-state index contributed by atoms with van der Waals surface area (Å²) >= 11 is 0. The summed E-state index contributed by atoms with van der Waals surface area (Å²) in [5.74, 6) is 1.02. The van der Waals surface area contributed by atoms with Gasteiger partial charge in [0.1, 0.15) is 5.82 Å². The summed E-state index contributed by atoms with van der Waals surface area (Å²) in [6.07, 6.45) is 2.02. The van der Waals surface area contributed by atoms with Gasteiger partial charge in [-0.1, -0.05) is 12.1 Å². The highest BCUT2D eigenvalue weighted by Gasteiger charge is 2.33. The highest BCUT2D eigenvalue weighted by atomic mass is 16.2. The average molecular weight is 286 g/mol. The van der Waals surface area contributed by atoms with Gasteiger partial charge < -0.3 is 14.8 Å². The summed E-state index contributed by atoms with van der Waals surface area (Å²) in [5.41, 5.74) is 2.16. The average Bonchev–Trinajstić information content (AvgIpc) is 3.11. The van der Waals surface area contributed by atoms with Gasteiger partial charge in [0.2, 0.25) is 0 Å². The van der Waals surface area contributed by atoms with Crippen molar-refractivity contribution < 1.29 is 4.79 Å². The van der Waals surface area contributed by atoms with Crippen LogP contribution in [0.5, 0.6) is 0 Å². The molecule has 5 heteroatoms. The summed E-state index contributed by atoms with van der Waals surface area (Å²) in [7, 11) is 0. The van der Waals surface area contributed by atoms with Gasteiger partial charge in [-0.2, -0.15) is 0 Å². The summed E-state index contributed by atoms with van der Waals surface area (Å²) < 4.78 is 2.23. The Morgan fingerprint density at radius 1 is 1.38 bits per heavy atom. The van der Waals surface area contributed by atoms with E-state index < -0.39 is 0 Å². The molecule has 1 aliphatic heterocycles. The van der Waals surface area contributed by atoms with Gasteiger partial charge in [0, 0.05) is 19.6 Å². The molecule has 0 bridgehead atoms. The summed E-state index contributed by atoms with van der Waals surface area (Å²) in [5, 5.41) is 2.91. The second-order valence-electron chi connectivity index (χ2n) is 5.39. The van der Waals surface area contributed by atoms with Crippen molar-refractivity contribution in [2.75, 3.05) is 13.1 Å². The Morgan fingerprint density at radius 2 is 2.19 bits per heavy atom. The molecule has 0 spiro atoms. The molecule has 1 fully saturated rings. The molecule has 0 saturated carbocycles. The predicted molar refractivity (Wildman–Crippen MR) is 83.2 cm³/mol. The maximum atomic E-state index is 12.2. The molecule has 112 valence electrons. The van der Waals surface area contributed by atoms with Crippen LogP contribution in [0.1, 0.15) is 38.6 Å². The molecule has 3 rings (SSSR count). The SMILES string of the molecule is CCNC(=O)N1CCCC1c1nc2ccccc2n1CC. The Kier molecular flexibility index (Phi) is 3.82. The lowest BCUT2D eigenvalue weighted by Crippen LogP contribution is -2.40. The number of rotatable bonds is 3. The molecule has 21 heavy (non-hydrogen) atoms. The van der Waals surface area contributed by atoms with Crippen molar-refractivity contribution in [2.45, 2.75) is 39.3 Å². The largest absolute Gasteiger partial charge is 0.338 e. The minimum absolute atomic E-state index is 0.0229. The Bertz CT molecular complexity index is 649. The van der Waals surface area contributed by atoms with Crippen molar-refractivity contribution in [1.29, 1.82) is 0 Å². The molecule has 1 aromatic carbocycles. The van der Waals surface area contributed by atoms with E-state index in [0.29, 0.717) is 6.54 Å². The number of imidazole rings is 1. The number of hydrogen-bond donors (Lipinski definition) is 1. The van der Waals surface area contributed by atoms with Gasteiger partial charge >= 0.3 is 6.03 Å². The number of benzene rings is 1. The lowest BCUT2D eigenvalue weighted by molar-refractivity contribution is 0.190. The van der Waals surface area contributed by atoms with E-state index in [4.69, 9.17) is 4.98 Å². The van der Waals surface area contributed by atoms with Crippen LogP contribution in [0, 0.1) is 0 Å². The van der Waals surface area contributed by atoms with Crippen LogP contribution in [-0.2, 0) is 6.54 Å². The third-order valence-corrected chi connectivity index (χ3v) is 4.14. The predicted octanol–water partition coefficient (Wildman–Crippen LogP) is 2.92. The van der Waals surface area contributed by atoms with Crippen LogP contribution >= 0.6 is 0 Å². The van der Waals surface area contributed by atoms with Gasteiger partial charge in [-0.15, -0.1) is 0 Å². The number of nitrogens with zero attached hydrogens (tertiary/aromatic N) is 3. The second-order valence-corrected chi connectivity index (χ2v) is 5.39. The Labute approximate surface area is 125 Å². The molecule has 2 amide bonds. The van der Waals surface area contributed by atoms with Gasteiger partial charge in [0.05, 0.1) is 17.1 Å². The quantitative estimate of drug-likeness (QED) is 0.943. The standard InChI is InChI=1S/C16H22N4O/c1-3-17-16(21)20-11-7-10-14(20)15-18-12-8-5-6-9-13(12)19(15)4-2/h5-6,8-9,14H,3-4,7,10-11H2,1-2H3,(H,17,21). The zero-order valence-corrected chi connectivity index (χ0v) is 12.7. The lowest BCUT2D eigenvalue weighted by atomic mass is 10.2. The molecule has 1 unspecified atom stereocenters. The number of carbonyl (C=O) groups excluding carboxylic acids is 1. The number of para-hydroxylation sites is 2. The monoisotopic (exact) mass is 286 g/mol. The van der Waals surface area contributed by atoms with Crippen molar-refractivity contribution in [3.05, 3.63) is 30.1 Å². The first-order valence-electron chi connectivity index (χ1n) is 7.75. The lowest BCUT2D eigenvalue weighted by Gasteiger charge is -2.24. The van der Waals surface area contributed by atoms with Crippen molar-refractivity contribution in [1.82, 2.24) is 19.8 Å². The summed E-state index contributed by atoms with van der Waals surface area (Å²) in [6.45, 7) is 6.42. The zero-order valence-electron chi connectivity index (χ0n) is 12.7. The fourth-order valence-electron chi connectivity index (χ4n) is 3.21. The van der Waals surface area contributed by atoms with E-state index in [2.05, 4.69) is 22.9 Å². The minimum atomic E-state index is 0.0229.